The Morgan fingerprint density at radius 2 is 1.61 bits per heavy atom. The number of aryl methyl sites for hydroxylation is 1. The molecule has 0 aromatic heterocycles. The number of phenols is 1. The van der Waals surface area contributed by atoms with Crippen molar-refractivity contribution in [3.8, 4) is 5.75 Å². The quantitative estimate of drug-likeness (QED) is 0.848. The summed E-state index contributed by atoms with van der Waals surface area (Å²) < 4.78 is 0. The molecule has 2 aromatic carbocycles. The van der Waals surface area contributed by atoms with Crippen molar-refractivity contribution in [2.45, 2.75) is 46.0 Å². The van der Waals surface area contributed by atoms with E-state index in [2.05, 4.69) is 38.1 Å². The number of aromatic hydroxyl groups is 1. The molecule has 0 unspecified atom stereocenters. The van der Waals surface area contributed by atoms with E-state index in [1.165, 1.54) is 5.56 Å². The standard InChI is InChI=1S/C20H24O3/c1-12(2)14-7-9-15(10-8-14)20(4,5)16-11-6-13(3)17(18(16)21)19(22)23/h6-12,21H,1-5H3,(H,22,23). The van der Waals surface area contributed by atoms with Crippen molar-refractivity contribution in [1.29, 1.82) is 0 Å². The monoisotopic (exact) mass is 312 g/mol. The molecule has 23 heavy (non-hydrogen) atoms. The highest BCUT2D eigenvalue weighted by atomic mass is 16.4. The highest BCUT2D eigenvalue weighted by Gasteiger charge is 2.29. The van der Waals surface area contributed by atoms with Gasteiger partial charge < -0.3 is 10.2 Å². The van der Waals surface area contributed by atoms with Gasteiger partial charge in [-0.15, -0.1) is 0 Å². The number of benzene rings is 2. The number of carboxylic acid groups (broad SMARTS) is 1. The topological polar surface area (TPSA) is 57.5 Å². The molecule has 0 aliphatic heterocycles. The van der Waals surface area contributed by atoms with E-state index in [0.29, 0.717) is 17.0 Å². The molecule has 0 fully saturated rings. The first-order chi connectivity index (χ1) is 10.7. The molecule has 0 aliphatic rings. The van der Waals surface area contributed by atoms with Crippen molar-refractivity contribution in [2.75, 3.05) is 0 Å². The lowest BCUT2D eigenvalue weighted by Gasteiger charge is -2.28. The smallest absolute Gasteiger partial charge is 0.339 e. The third kappa shape index (κ3) is 3.09. The molecule has 0 spiro atoms. The Labute approximate surface area is 137 Å². The van der Waals surface area contributed by atoms with Crippen LogP contribution in [0, 0.1) is 6.92 Å². The molecule has 0 radical (unpaired) electrons. The molecule has 0 atom stereocenters. The van der Waals surface area contributed by atoms with Gasteiger partial charge in [0.05, 0.1) is 0 Å². The van der Waals surface area contributed by atoms with Crippen molar-refractivity contribution in [3.63, 3.8) is 0 Å². The maximum absolute atomic E-state index is 11.4. The molecule has 3 nitrogen and oxygen atoms in total. The minimum absolute atomic E-state index is 0.0191. The van der Waals surface area contributed by atoms with Crippen molar-refractivity contribution in [2.24, 2.45) is 0 Å². The molecule has 0 saturated carbocycles. The van der Waals surface area contributed by atoms with Crippen LogP contribution in [0.2, 0.25) is 0 Å². The van der Waals surface area contributed by atoms with Crippen LogP contribution in [-0.4, -0.2) is 16.2 Å². The van der Waals surface area contributed by atoms with E-state index in [4.69, 9.17) is 0 Å². The molecule has 2 rings (SSSR count). The molecule has 122 valence electrons. The van der Waals surface area contributed by atoms with Gasteiger partial charge in [-0.05, 0) is 29.5 Å². The molecule has 0 saturated heterocycles. The molecule has 2 aromatic rings. The molecule has 2 N–H and O–H groups in total. The van der Waals surface area contributed by atoms with E-state index in [0.717, 1.165) is 5.56 Å². The zero-order valence-corrected chi connectivity index (χ0v) is 14.3. The molecular formula is C20H24O3. The van der Waals surface area contributed by atoms with Gasteiger partial charge in [-0.2, -0.15) is 0 Å². The Morgan fingerprint density at radius 3 is 2.09 bits per heavy atom. The van der Waals surface area contributed by atoms with Crippen LogP contribution in [0.3, 0.4) is 0 Å². The maximum Gasteiger partial charge on any atom is 0.339 e. The second-order valence-electron chi connectivity index (χ2n) is 6.86. The summed E-state index contributed by atoms with van der Waals surface area (Å²) in [6.07, 6.45) is 0. The fraction of sp³-hybridized carbons (Fsp3) is 0.350. The molecule has 0 bridgehead atoms. The Hall–Kier alpha value is -2.29. The van der Waals surface area contributed by atoms with Gasteiger partial charge in [-0.1, -0.05) is 64.1 Å². The van der Waals surface area contributed by atoms with Crippen molar-refractivity contribution in [1.82, 2.24) is 0 Å². The van der Waals surface area contributed by atoms with Crippen LogP contribution in [0.15, 0.2) is 36.4 Å². The zero-order chi connectivity index (χ0) is 17.4. The lowest BCUT2D eigenvalue weighted by atomic mass is 9.76. The average Bonchev–Trinajstić information content (AvgIpc) is 2.46. The zero-order valence-electron chi connectivity index (χ0n) is 14.3. The van der Waals surface area contributed by atoms with E-state index in [-0.39, 0.29) is 11.3 Å². The third-order valence-corrected chi connectivity index (χ3v) is 4.57. The van der Waals surface area contributed by atoms with Crippen LogP contribution in [0.1, 0.15) is 66.2 Å². The summed E-state index contributed by atoms with van der Waals surface area (Å²) in [5.41, 5.74) is 2.97. The summed E-state index contributed by atoms with van der Waals surface area (Å²) >= 11 is 0. The Balaban J connectivity index is 2.55. The summed E-state index contributed by atoms with van der Waals surface area (Å²) in [7, 11) is 0. The fourth-order valence-corrected chi connectivity index (χ4v) is 2.91. The van der Waals surface area contributed by atoms with E-state index in [9.17, 15) is 15.0 Å². The average molecular weight is 312 g/mol. The summed E-state index contributed by atoms with van der Waals surface area (Å²) in [5.74, 6) is -0.790. The molecular weight excluding hydrogens is 288 g/mol. The summed E-state index contributed by atoms with van der Waals surface area (Å²) in [6.45, 7) is 9.97. The Bertz CT molecular complexity index is 725. The first-order valence-electron chi connectivity index (χ1n) is 7.83. The van der Waals surface area contributed by atoms with Crippen LogP contribution in [0.25, 0.3) is 0 Å². The minimum atomic E-state index is -1.10. The molecule has 0 amide bonds. The van der Waals surface area contributed by atoms with E-state index in [1.54, 1.807) is 13.0 Å². The molecule has 0 heterocycles. The predicted octanol–water partition coefficient (Wildman–Crippen LogP) is 4.85. The van der Waals surface area contributed by atoms with Crippen LogP contribution in [0.5, 0.6) is 5.75 Å². The minimum Gasteiger partial charge on any atom is -0.507 e. The van der Waals surface area contributed by atoms with Gasteiger partial charge in [0.2, 0.25) is 0 Å². The SMILES string of the molecule is Cc1ccc(C(C)(C)c2ccc(C(C)C)cc2)c(O)c1C(=O)O. The maximum atomic E-state index is 11.4. The lowest BCUT2D eigenvalue weighted by Crippen LogP contribution is -2.20. The largest absolute Gasteiger partial charge is 0.507 e. The van der Waals surface area contributed by atoms with Gasteiger partial charge >= 0.3 is 5.97 Å². The Kier molecular flexibility index (Phi) is 4.51. The number of hydrogen-bond donors (Lipinski definition) is 2. The van der Waals surface area contributed by atoms with E-state index < -0.39 is 11.4 Å². The van der Waals surface area contributed by atoms with Gasteiger partial charge in [0, 0.05) is 11.0 Å². The van der Waals surface area contributed by atoms with Crippen LogP contribution in [0.4, 0.5) is 0 Å². The van der Waals surface area contributed by atoms with Gasteiger partial charge in [0.25, 0.3) is 0 Å². The summed E-state index contributed by atoms with van der Waals surface area (Å²) in [4.78, 5) is 11.4. The Morgan fingerprint density at radius 1 is 1.04 bits per heavy atom. The lowest BCUT2D eigenvalue weighted by molar-refractivity contribution is 0.0692. The van der Waals surface area contributed by atoms with E-state index >= 15 is 0 Å². The van der Waals surface area contributed by atoms with Gasteiger partial charge in [-0.3, -0.25) is 0 Å². The molecule has 0 aliphatic carbocycles. The second-order valence-corrected chi connectivity index (χ2v) is 6.86. The van der Waals surface area contributed by atoms with Crippen LogP contribution in [-0.2, 0) is 5.41 Å². The van der Waals surface area contributed by atoms with Crippen molar-refractivity contribution >= 4 is 5.97 Å². The van der Waals surface area contributed by atoms with Crippen molar-refractivity contribution in [3.05, 3.63) is 64.2 Å². The summed E-state index contributed by atoms with van der Waals surface area (Å²) in [5, 5.41) is 19.8. The normalized spacial score (nSPS) is 11.7. The first kappa shape index (κ1) is 17.1. The first-order valence-corrected chi connectivity index (χ1v) is 7.83. The van der Waals surface area contributed by atoms with Crippen LogP contribution >= 0.6 is 0 Å². The van der Waals surface area contributed by atoms with Gasteiger partial charge in [0.15, 0.2) is 0 Å². The van der Waals surface area contributed by atoms with Gasteiger partial charge in [-0.25, -0.2) is 4.79 Å². The van der Waals surface area contributed by atoms with Crippen molar-refractivity contribution < 1.29 is 15.0 Å². The number of rotatable bonds is 4. The predicted molar refractivity (Wildman–Crippen MR) is 92.5 cm³/mol. The third-order valence-electron chi connectivity index (χ3n) is 4.57. The van der Waals surface area contributed by atoms with E-state index in [1.807, 2.05) is 19.9 Å². The second kappa shape index (κ2) is 6.07. The number of carbonyl (C=O) groups is 1. The molecule has 3 heteroatoms. The number of aromatic carboxylic acids is 1. The summed E-state index contributed by atoms with van der Waals surface area (Å²) in [6, 6.07) is 11.8. The number of hydrogen-bond acceptors (Lipinski definition) is 2. The highest BCUT2D eigenvalue weighted by molar-refractivity contribution is 5.93. The fourth-order valence-electron chi connectivity index (χ4n) is 2.91. The number of carboxylic acids is 1. The van der Waals surface area contributed by atoms with Crippen LogP contribution < -0.4 is 0 Å². The van der Waals surface area contributed by atoms with Gasteiger partial charge in [0.1, 0.15) is 11.3 Å². The highest BCUT2D eigenvalue weighted by Crippen LogP contribution is 2.39.